The van der Waals surface area contributed by atoms with Crippen LogP contribution in [0.1, 0.15) is 28.4 Å². The summed E-state index contributed by atoms with van der Waals surface area (Å²) in [6, 6.07) is 23.6. The first-order chi connectivity index (χ1) is 14.7. The molecule has 3 aromatic carbocycles. The third-order valence-corrected chi connectivity index (χ3v) is 4.88. The monoisotopic (exact) mass is 400 g/mol. The molecule has 0 fully saturated rings. The van der Waals surface area contributed by atoms with Crippen LogP contribution < -0.4 is 5.32 Å². The molecule has 1 unspecified atom stereocenters. The number of hydrogen-bond acceptors (Lipinski definition) is 5. The highest BCUT2D eigenvalue weighted by molar-refractivity contribution is 6.01. The average Bonchev–Trinajstić information content (AvgIpc) is 3.23. The zero-order valence-corrected chi connectivity index (χ0v) is 16.4. The number of benzene rings is 3. The standard InChI is InChI=1S/C24H20N2O4/c1-29-22(27)15-21(16-8-4-2-5-9-16)25-24(28)18-12-13-20-19(14-18)23(30-26-20)17-10-6-3-7-11-17/h2-14,21H,15H2,1H3,(H,25,28). The molecule has 0 radical (unpaired) electrons. The second kappa shape index (κ2) is 8.61. The summed E-state index contributed by atoms with van der Waals surface area (Å²) >= 11 is 0. The predicted octanol–water partition coefficient (Wildman–Crippen LogP) is 4.53. The second-order valence-corrected chi connectivity index (χ2v) is 6.83. The summed E-state index contributed by atoms with van der Waals surface area (Å²) in [5, 5.41) is 7.77. The molecule has 150 valence electrons. The van der Waals surface area contributed by atoms with Gasteiger partial charge in [0.05, 0.1) is 25.0 Å². The average molecular weight is 400 g/mol. The number of hydrogen-bond donors (Lipinski definition) is 1. The largest absolute Gasteiger partial charge is 0.469 e. The molecule has 0 aliphatic rings. The Bertz CT molecular complexity index is 1170. The maximum atomic E-state index is 13.0. The summed E-state index contributed by atoms with van der Waals surface area (Å²) in [4.78, 5) is 24.9. The zero-order valence-electron chi connectivity index (χ0n) is 16.4. The van der Waals surface area contributed by atoms with E-state index in [-0.39, 0.29) is 12.3 Å². The van der Waals surface area contributed by atoms with E-state index in [0.717, 1.165) is 16.5 Å². The van der Waals surface area contributed by atoms with Crippen LogP contribution in [-0.2, 0) is 9.53 Å². The Morgan fingerprint density at radius 3 is 2.40 bits per heavy atom. The van der Waals surface area contributed by atoms with Gasteiger partial charge >= 0.3 is 5.97 Å². The van der Waals surface area contributed by atoms with Gasteiger partial charge < -0.3 is 14.6 Å². The first kappa shape index (κ1) is 19.4. The lowest BCUT2D eigenvalue weighted by atomic mass is 10.0. The molecule has 4 aromatic rings. The zero-order chi connectivity index (χ0) is 20.9. The van der Waals surface area contributed by atoms with Gasteiger partial charge in [-0.3, -0.25) is 9.59 Å². The van der Waals surface area contributed by atoms with E-state index in [2.05, 4.69) is 10.5 Å². The number of amides is 1. The van der Waals surface area contributed by atoms with Crippen LogP contribution in [0.4, 0.5) is 0 Å². The molecule has 4 rings (SSSR count). The summed E-state index contributed by atoms with van der Waals surface area (Å²) in [6.45, 7) is 0. The fourth-order valence-electron chi connectivity index (χ4n) is 3.31. The number of nitrogens with one attached hydrogen (secondary N) is 1. The Balaban J connectivity index is 1.64. The van der Waals surface area contributed by atoms with Crippen LogP contribution in [0.2, 0.25) is 0 Å². The van der Waals surface area contributed by atoms with Crippen molar-refractivity contribution in [2.24, 2.45) is 0 Å². The number of fused-ring (bicyclic) bond motifs is 1. The molecule has 0 spiro atoms. The van der Waals surface area contributed by atoms with Gasteiger partial charge in [0.2, 0.25) is 0 Å². The quantitative estimate of drug-likeness (QED) is 0.481. The summed E-state index contributed by atoms with van der Waals surface area (Å²) in [5.41, 5.74) is 2.82. The lowest BCUT2D eigenvalue weighted by Gasteiger charge is -2.18. The molecule has 30 heavy (non-hydrogen) atoms. The highest BCUT2D eigenvalue weighted by Crippen LogP contribution is 2.29. The third-order valence-electron chi connectivity index (χ3n) is 4.88. The summed E-state index contributed by atoms with van der Waals surface area (Å²) in [6.07, 6.45) is 0.0387. The van der Waals surface area contributed by atoms with Gasteiger partial charge in [0.25, 0.3) is 5.91 Å². The number of carbonyl (C=O) groups is 2. The van der Waals surface area contributed by atoms with Gasteiger partial charge in [-0.05, 0) is 23.8 Å². The van der Waals surface area contributed by atoms with Crippen molar-refractivity contribution in [1.82, 2.24) is 10.5 Å². The molecule has 6 heteroatoms. The molecule has 0 saturated carbocycles. The minimum Gasteiger partial charge on any atom is -0.469 e. The third kappa shape index (κ3) is 4.07. The number of carbonyl (C=O) groups excluding carboxylic acids is 2. The molecule has 6 nitrogen and oxygen atoms in total. The van der Waals surface area contributed by atoms with Crippen molar-refractivity contribution < 1.29 is 18.8 Å². The lowest BCUT2D eigenvalue weighted by Crippen LogP contribution is -2.30. The van der Waals surface area contributed by atoms with E-state index < -0.39 is 12.0 Å². The number of aromatic nitrogens is 1. The minimum atomic E-state index is -0.502. The van der Waals surface area contributed by atoms with Crippen molar-refractivity contribution in [2.45, 2.75) is 12.5 Å². The van der Waals surface area contributed by atoms with Gasteiger partial charge in [-0.15, -0.1) is 0 Å². The summed E-state index contributed by atoms with van der Waals surface area (Å²) in [5.74, 6) is -0.0886. The normalized spacial score (nSPS) is 11.8. The van der Waals surface area contributed by atoms with Gasteiger partial charge in [0, 0.05) is 11.1 Å². The van der Waals surface area contributed by atoms with Crippen molar-refractivity contribution in [3.05, 3.63) is 90.0 Å². The Labute approximate surface area is 173 Å². The molecule has 1 heterocycles. The molecular weight excluding hydrogens is 380 g/mol. The van der Waals surface area contributed by atoms with Crippen LogP contribution in [0.5, 0.6) is 0 Å². The Hall–Kier alpha value is -3.93. The van der Waals surface area contributed by atoms with E-state index in [4.69, 9.17) is 9.26 Å². The van der Waals surface area contributed by atoms with Gasteiger partial charge in [-0.2, -0.15) is 0 Å². The van der Waals surface area contributed by atoms with Crippen molar-refractivity contribution in [2.75, 3.05) is 7.11 Å². The van der Waals surface area contributed by atoms with Crippen molar-refractivity contribution in [1.29, 1.82) is 0 Å². The molecule has 1 amide bonds. The number of methoxy groups -OCH3 is 1. The van der Waals surface area contributed by atoms with Gasteiger partial charge in [0.15, 0.2) is 5.76 Å². The molecule has 1 aromatic heterocycles. The highest BCUT2D eigenvalue weighted by Gasteiger charge is 2.21. The van der Waals surface area contributed by atoms with Crippen molar-refractivity contribution in [3.63, 3.8) is 0 Å². The Morgan fingerprint density at radius 2 is 1.70 bits per heavy atom. The Kier molecular flexibility index (Phi) is 5.57. The van der Waals surface area contributed by atoms with Crippen LogP contribution in [0.25, 0.3) is 22.2 Å². The molecule has 1 N–H and O–H groups in total. The maximum Gasteiger partial charge on any atom is 0.307 e. The van der Waals surface area contributed by atoms with Crippen LogP contribution in [0.15, 0.2) is 83.4 Å². The number of rotatable bonds is 6. The van der Waals surface area contributed by atoms with Crippen LogP contribution in [-0.4, -0.2) is 24.1 Å². The Morgan fingerprint density at radius 1 is 1.00 bits per heavy atom. The van der Waals surface area contributed by atoms with E-state index in [1.807, 2.05) is 60.7 Å². The van der Waals surface area contributed by atoms with E-state index in [1.54, 1.807) is 18.2 Å². The molecular formula is C24H20N2O4. The fraction of sp³-hybridized carbons (Fsp3) is 0.125. The van der Waals surface area contributed by atoms with E-state index in [0.29, 0.717) is 16.8 Å². The van der Waals surface area contributed by atoms with Crippen molar-refractivity contribution in [3.8, 4) is 11.3 Å². The number of ether oxygens (including phenoxy) is 1. The summed E-state index contributed by atoms with van der Waals surface area (Å²) in [7, 11) is 1.33. The first-order valence-corrected chi connectivity index (χ1v) is 9.53. The first-order valence-electron chi connectivity index (χ1n) is 9.53. The fourth-order valence-corrected chi connectivity index (χ4v) is 3.31. The molecule has 0 aliphatic heterocycles. The van der Waals surface area contributed by atoms with Gasteiger partial charge in [-0.25, -0.2) is 0 Å². The predicted molar refractivity (Wildman–Crippen MR) is 113 cm³/mol. The minimum absolute atomic E-state index is 0.0387. The molecule has 1 atom stereocenters. The summed E-state index contributed by atoms with van der Waals surface area (Å²) < 4.78 is 10.3. The highest BCUT2D eigenvalue weighted by atomic mass is 16.5. The van der Waals surface area contributed by atoms with Gasteiger partial charge in [0.1, 0.15) is 5.52 Å². The van der Waals surface area contributed by atoms with E-state index in [9.17, 15) is 9.59 Å². The smallest absolute Gasteiger partial charge is 0.307 e. The maximum absolute atomic E-state index is 13.0. The molecule has 0 bridgehead atoms. The molecule has 0 aliphatic carbocycles. The van der Waals surface area contributed by atoms with Crippen LogP contribution in [0.3, 0.4) is 0 Å². The van der Waals surface area contributed by atoms with Crippen LogP contribution in [0, 0.1) is 0 Å². The van der Waals surface area contributed by atoms with E-state index in [1.165, 1.54) is 7.11 Å². The van der Waals surface area contributed by atoms with Crippen molar-refractivity contribution >= 4 is 22.8 Å². The lowest BCUT2D eigenvalue weighted by molar-refractivity contribution is -0.141. The van der Waals surface area contributed by atoms with Crippen LogP contribution >= 0.6 is 0 Å². The SMILES string of the molecule is COC(=O)CC(NC(=O)c1ccc2noc(-c3ccccc3)c2c1)c1ccccc1. The van der Waals surface area contributed by atoms with E-state index >= 15 is 0 Å². The number of nitrogens with zero attached hydrogens (tertiary/aromatic N) is 1. The second-order valence-electron chi connectivity index (χ2n) is 6.83. The number of esters is 1. The topological polar surface area (TPSA) is 81.4 Å². The van der Waals surface area contributed by atoms with Gasteiger partial charge in [-0.1, -0.05) is 65.8 Å². The molecule has 0 saturated heterocycles.